The molecule has 3 rings (SSSR count). The Balaban J connectivity index is 0.000000673. The number of nitrogens with zero attached hydrogens (tertiary/aromatic N) is 3. The molecule has 0 spiro atoms. The zero-order chi connectivity index (χ0) is 29.5. The van der Waals surface area contributed by atoms with Crippen LogP contribution in [0.5, 0.6) is 0 Å². The van der Waals surface area contributed by atoms with Crippen molar-refractivity contribution >= 4 is 17.8 Å². The van der Waals surface area contributed by atoms with E-state index < -0.39 is 18.0 Å². The van der Waals surface area contributed by atoms with Crippen LogP contribution in [0, 0.1) is 19.7 Å². The molecule has 2 aromatic rings. The summed E-state index contributed by atoms with van der Waals surface area (Å²) in [5.41, 5.74) is 2.56. The molecule has 0 bridgehead atoms. The highest BCUT2D eigenvalue weighted by Gasteiger charge is 2.29. The van der Waals surface area contributed by atoms with Gasteiger partial charge in [-0.3, -0.25) is 14.4 Å². The molecule has 0 saturated carbocycles. The third-order valence-corrected chi connectivity index (χ3v) is 6.25. The maximum Gasteiger partial charge on any atom is 0.430 e. The molecule has 1 saturated heterocycles. The van der Waals surface area contributed by atoms with Gasteiger partial charge in [-0.1, -0.05) is 6.07 Å². The smallest absolute Gasteiger partial charge is 0.430 e. The minimum atomic E-state index is -5.19. The minimum Gasteiger partial charge on any atom is -0.542 e. The Kier molecular flexibility index (Phi) is 10.7. The van der Waals surface area contributed by atoms with E-state index in [2.05, 4.69) is 10.2 Å². The second-order valence-corrected chi connectivity index (χ2v) is 9.41. The molecule has 1 aliphatic heterocycles. The van der Waals surface area contributed by atoms with Crippen molar-refractivity contribution in [3.05, 3.63) is 62.3 Å². The number of hydrogen-bond donors (Lipinski definition) is 2. The number of alkyl halides is 3. The number of halogens is 4. The lowest BCUT2D eigenvalue weighted by molar-refractivity contribution is -0.857. The summed E-state index contributed by atoms with van der Waals surface area (Å²) < 4.78 is 46.1. The first-order chi connectivity index (χ1) is 18.1. The van der Waals surface area contributed by atoms with Crippen LogP contribution in [0.3, 0.4) is 0 Å². The van der Waals surface area contributed by atoms with Crippen molar-refractivity contribution in [3.8, 4) is 0 Å². The molecule has 1 aromatic heterocycles. The lowest BCUT2D eigenvalue weighted by Gasteiger charge is -2.35. The Labute approximate surface area is 222 Å². The molecule has 2 N–H and O–H groups in total. The van der Waals surface area contributed by atoms with Crippen LogP contribution in [0.4, 0.5) is 17.6 Å². The normalized spacial score (nSPS) is 13.7. The first kappa shape index (κ1) is 31.4. The van der Waals surface area contributed by atoms with Crippen LogP contribution in [0.15, 0.2) is 23.0 Å². The Bertz CT molecular complexity index is 1250. The van der Waals surface area contributed by atoms with E-state index in [1.807, 2.05) is 21.0 Å². The van der Waals surface area contributed by atoms with Crippen molar-refractivity contribution in [2.75, 3.05) is 46.8 Å². The highest BCUT2D eigenvalue weighted by Crippen LogP contribution is 2.18. The molecule has 0 unspecified atom stereocenters. The number of rotatable bonds is 6. The van der Waals surface area contributed by atoms with Gasteiger partial charge >= 0.3 is 6.18 Å². The van der Waals surface area contributed by atoms with Crippen LogP contribution >= 0.6 is 0 Å². The number of piperazine rings is 1. The lowest BCUT2D eigenvalue weighted by atomic mass is 10.0. The third-order valence-electron chi connectivity index (χ3n) is 6.25. The van der Waals surface area contributed by atoms with Crippen LogP contribution in [-0.4, -0.2) is 90.8 Å². The van der Waals surface area contributed by atoms with Gasteiger partial charge in [0.15, 0.2) is 0 Å². The maximum atomic E-state index is 14.5. The second-order valence-electron chi connectivity index (χ2n) is 9.41. The molecular weight excluding hydrogens is 526 g/mol. The number of nitrogens with one attached hydrogen (secondary N) is 2. The van der Waals surface area contributed by atoms with E-state index in [0.29, 0.717) is 50.3 Å². The molecule has 1 aliphatic rings. The van der Waals surface area contributed by atoms with Crippen molar-refractivity contribution in [2.45, 2.75) is 32.9 Å². The Hall–Kier alpha value is -3.81. The number of aliphatic carboxylic acids is 1. The number of carboxylic acids is 1. The van der Waals surface area contributed by atoms with Gasteiger partial charge in [0, 0.05) is 38.2 Å². The van der Waals surface area contributed by atoms with Gasteiger partial charge < -0.3 is 24.6 Å². The number of carbonyl (C=O) groups excluding carboxylic acids is 3. The molecular formula is C25H31F4N5O5. The van der Waals surface area contributed by atoms with Gasteiger partial charge in [-0.05, 0) is 37.1 Å². The summed E-state index contributed by atoms with van der Waals surface area (Å²) in [5.74, 6) is -3.87. The van der Waals surface area contributed by atoms with Crippen molar-refractivity contribution in [1.82, 2.24) is 20.0 Å². The summed E-state index contributed by atoms with van der Waals surface area (Å²) in [6.07, 6.45) is -4.34. The topological polar surface area (TPSA) is 131 Å². The number of aromatic nitrogens is 2. The van der Waals surface area contributed by atoms with E-state index in [1.165, 1.54) is 11.0 Å². The molecule has 0 aliphatic carbocycles. The fourth-order valence-electron chi connectivity index (χ4n) is 3.73. The minimum absolute atomic E-state index is 0.0114. The number of amides is 2. The van der Waals surface area contributed by atoms with Crippen molar-refractivity contribution < 1.29 is 42.0 Å². The Morgan fingerprint density at radius 2 is 1.62 bits per heavy atom. The number of quaternary nitrogens is 1. The van der Waals surface area contributed by atoms with E-state index >= 15 is 0 Å². The molecule has 214 valence electrons. The van der Waals surface area contributed by atoms with Gasteiger partial charge in [0.25, 0.3) is 11.5 Å². The zero-order valence-corrected chi connectivity index (χ0v) is 22.1. The van der Waals surface area contributed by atoms with E-state index in [4.69, 9.17) is 9.90 Å². The van der Waals surface area contributed by atoms with E-state index in [0.717, 1.165) is 17.7 Å². The predicted octanol–water partition coefficient (Wildman–Crippen LogP) is -0.766. The third kappa shape index (κ3) is 8.87. The number of carboxylic acid groups (broad SMARTS) is 1. The largest absolute Gasteiger partial charge is 0.542 e. The monoisotopic (exact) mass is 557 g/mol. The first-order valence-corrected chi connectivity index (χ1v) is 12.1. The zero-order valence-electron chi connectivity index (χ0n) is 22.1. The van der Waals surface area contributed by atoms with Crippen LogP contribution in [0.2, 0.25) is 0 Å². The van der Waals surface area contributed by atoms with E-state index in [-0.39, 0.29) is 22.9 Å². The summed E-state index contributed by atoms with van der Waals surface area (Å²) in [6, 6.07) is 4.47. The molecule has 10 nitrogen and oxygen atoms in total. The molecule has 2 heterocycles. The molecule has 0 atom stereocenters. The predicted molar refractivity (Wildman–Crippen MR) is 129 cm³/mol. The van der Waals surface area contributed by atoms with E-state index in [9.17, 15) is 31.9 Å². The standard InChI is InChI=1S/C23H30FN5O3.C2HF3O2/c1-15-16(2)22(31)26-25-20(15)14-17-5-6-19(24)18(13-17)23(32)29-11-9-28(10-12-29)21(30)7-8-27(3)4;3-2(4,5)1(6)7/h5-6,13H,7-12,14H2,1-4H3,(H,26,31);(H,6,7). The van der Waals surface area contributed by atoms with Crippen molar-refractivity contribution in [1.29, 1.82) is 0 Å². The van der Waals surface area contributed by atoms with Crippen molar-refractivity contribution in [3.63, 3.8) is 0 Å². The van der Waals surface area contributed by atoms with Crippen LogP contribution in [-0.2, 0) is 16.0 Å². The highest BCUT2D eigenvalue weighted by atomic mass is 19.4. The van der Waals surface area contributed by atoms with Gasteiger partial charge in [-0.2, -0.15) is 18.3 Å². The lowest BCUT2D eigenvalue weighted by Crippen LogP contribution is -3.05. The quantitative estimate of drug-likeness (QED) is 0.449. The number of H-pyrrole nitrogens is 1. The second kappa shape index (κ2) is 13.3. The van der Waals surface area contributed by atoms with Gasteiger partial charge in [0.05, 0.1) is 38.3 Å². The summed E-state index contributed by atoms with van der Waals surface area (Å²) in [4.78, 5) is 50.4. The highest BCUT2D eigenvalue weighted by molar-refractivity contribution is 5.95. The number of benzene rings is 1. The molecule has 1 fully saturated rings. The SMILES string of the molecule is Cc1c(Cc2ccc(F)c(C(=O)N3CCN(C(=O)CC[NH+](C)C)CC3)c2)n[nH]c(=O)c1C.O=C([O-])C(F)(F)F. The van der Waals surface area contributed by atoms with E-state index in [1.54, 1.807) is 28.9 Å². The Morgan fingerprint density at radius 1 is 1.05 bits per heavy atom. The average molecular weight is 558 g/mol. The summed E-state index contributed by atoms with van der Waals surface area (Å²) in [6.45, 7) is 5.97. The summed E-state index contributed by atoms with van der Waals surface area (Å²) in [5, 5.41) is 15.4. The molecule has 2 amide bonds. The molecule has 1 aromatic carbocycles. The number of aromatic amines is 1. The molecule has 39 heavy (non-hydrogen) atoms. The van der Waals surface area contributed by atoms with Crippen LogP contribution in [0.1, 0.15) is 39.2 Å². The fourth-order valence-corrected chi connectivity index (χ4v) is 3.73. The molecule has 0 radical (unpaired) electrons. The maximum absolute atomic E-state index is 14.5. The first-order valence-electron chi connectivity index (χ1n) is 12.1. The van der Waals surface area contributed by atoms with Crippen LogP contribution in [0.25, 0.3) is 0 Å². The summed E-state index contributed by atoms with van der Waals surface area (Å²) >= 11 is 0. The molecule has 14 heteroatoms. The van der Waals surface area contributed by atoms with Gasteiger partial charge in [0.1, 0.15) is 11.8 Å². The van der Waals surface area contributed by atoms with Crippen molar-refractivity contribution in [2.24, 2.45) is 0 Å². The average Bonchev–Trinajstić information content (AvgIpc) is 2.88. The van der Waals surface area contributed by atoms with Gasteiger partial charge in [-0.15, -0.1) is 0 Å². The fraction of sp³-hybridized carbons (Fsp3) is 0.480. The van der Waals surface area contributed by atoms with Gasteiger partial charge in [0.2, 0.25) is 5.91 Å². The number of hydrogen-bond acceptors (Lipinski definition) is 6. The summed E-state index contributed by atoms with van der Waals surface area (Å²) in [7, 11) is 4.00. The van der Waals surface area contributed by atoms with Crippen LogP contribution < -0.4 is 15.6 Å². The van der Waals surface area contributed by atoms with Gasteiger partial charge in [-0.25, -0.2) is 9.49 Å². The Morgan fingerprint density at radius 3 is 2.15 bits per heavy atom. The number of carbonyl (C=O) groups is 3.